The maximum atomic E-state index is 12.8. The molecule has 0 saturated carbocycles. The van der Waals surface area contributed by atoms with Crippen molar-refractivity contribution in [2.75, 3.05) is 0 Å². The molecule has 0 N–H and O–H groups in total. The second-order valence-electron chi connectivity index (χ2n) is 5.04. The summed E-state index contributed by atoms with van der Waals surface area (Å²) in [5.74, 6) is 1.13. The molecule has 0 amide bonds. The van der Waals surface area contributed by atoms with Gasteiger partial charge in [0, 0.05) is 0 Å². The molecule has 1 aromatic heterocycles. The summed E-state index contributed by atoms with van der Waals surface area (Å²) in [6.45, 7) is 1.91. The number of aryl methyl sites for hydroxylation is 1. The van der Waals surface area contributed by atoms with E-state index >= 15 is 0 Å². The summed E-state index contributed by atoms with van der Waals surface area (Å²) in [7, 11) is 0. The minimum Gasteiger partial charge on any atom is -0.454 e. The molecule has 3 aromatic rings. The molecular weight excluding hydrogens is 305 g/mol. The van der Waals surface area contributed by atoms with Crippen LogP contribution >= 0.6 is 0 Å². The van der Waals surface area contributed by atoms with Crippen LogP contribution < -0.4 is 4.74 Å². The maximum Gasteiger partial charge on any atom is 0.416 e. The van der Waals surface area contributed by atoms with E-state index in [1.807, 2.05) is 31.2 Å². The summed E-state index contributed by atoms with van der Waals surface area (Å²) in [5.41, 5.74) is 0.561. The number of halogens is 3. The average molecular weight is 318 g/mol. The molecule has 0 aliphatic rings. The topological polar surface area (TPSA) is 27.1 Å². The van der Waals surface area contributed by atoms with Gasteiger partial charge in [-0.25, -0.2) is 4.68 Å². The van der Waals surface area contributed by atoms with Crippen LogP contribution in [0.4, 0.5) is 13.2 Å². The van der Waals surface area contributed by atoms with Crippen LogP contribution in [0.3, 0.4) is 0 Å². The van der Waals surface area contributed by atoms with Gasteiger partial charge in [0.25, 0.3) is 0 Å². The zero-order valence-corrected chi connectivity index (χ0v) is 12.2. The molecular formula is C17H13F3N2O. The zero-order valence-electron chi connectivity index (χ0n) is 12.2. The summed E-state index contributed by atoms with van der Waals surface area (Å²) in [6.07, 6.45) is -1.38. The Balaban J connectivity index is 1.86. The maximum absolute atomic E-state index is 12.8. The summed E-state index contributed by atoms with van der Waals surface area (Å²) in [4.78, 5) is 0. The van der Waals surface area contributed by atoms with Gasteiger partial charge in [-0.2, -0.15) is 18.3 Å². The fraction of sp³-hybridized carbons (Fsp3) is 0.118. The smallest absolute Gasteiger partial charge is 0.416 e. The number of para-hydroxylation sites is 1. The fourth-order valence-electron chi connectivity index (χ4n) is 2.12. The van der Waals surface area contributed by atoms with Gasteiger partial charge < -0.3 is 4.74 Å². The molecule has 3 rings (SSSR count). The number of ether oxygens (including phenoxy) is 1. The van der Waals surface area contributed by atoms with E-state index in [2.05, 4.69) is 5.10 Å². The Kier molecular flexibility index (Phi) is 3.82. The Morgan fingerprint density at radius 1 is 1.04 bits per heavy atom. The van der Waals surface area contributed by atoms with Crippen molar-refractivity contribution >= 4 is 0 Å². The second kappa shape index (κ2) is 5.79. The molecule has 0 fully saturated rings. The monoisotopic (exact) mass is 318 g/mol. The number of hydrogen-bond donors (Lipinski definition) is 0. The van der Waals surface area contributed by atoms with E-state index in [-0.39, 0.29) is 0 Å². The number of hydrogen-bond acceptors (Lipinski definition) is 2. The highest BCUT2D eigenvalue weighted by Crippen LogP contribution is 2.31. The number of nitrogens with zero attached hydrogens (tertiary/aromatic N) is 2. The lowest BCUT2D eigenvalue weighted by Gasteiger charge is -2.08. The third kappa shape index (κ3) is 3.36. The minimum absolute atomic E-state index is 0.319. The van der Waals surface area contributed by atoms with Gasteiger partial charge in [0.15, 0.2) is 5.75 Å². The highest BCUT2D eigenvalue weighted by Gasteiger charge is 2.30. The Morgan fingerprint density at radius 2 is 1.83 bits per heavy atom. The van der Waals surface area contributed by atoms with Crippen LogP contribution in [0, 0.1) is 6.92 Å². The summed E-state index contributed by atoms with van der Waals surface area (Å²) >= 11 is 0. The first-order chi connectivity index (χ1) is 10.9. The van der Waals surface area contributed by atoms with Gasteiger partial charge in [0.1, 0.15) is 5.75 Å². The molecule has 2 aromatic carbocycles. The van der Waals surface area contributed by atoms with Crippen LogP contribution in [0.1, 0.15) is 11.1 Å². The van der Waals surface area contributed by atoms with Crippen LogP contribution in [0.25, 0.3) is 5.69 Å². The molecule has 23 heavy (non-hydrogen) atoms. The Labute approximate surface area is 130 Å². The van der Waals surface area contributed by atoms with Crippen LogP contribution in [-0.2, 0) is 6.18 Å². The van der Waals surface area contributed by atoms with Crippen molar-refractivity contribution < 1.29 is 17.9 Å². The molecule has 0 saturated heterocycles. The van der Waals surface area contributed by atoms with E-state index in [0.717, 1.165) is 17.7 Å². The van der Waals surface area contributed by atoms with Crippen LogP contribution in [0.5, 0.6) is 11.5 Å². The largest absolute Gasteiger partial charge is 0.454 e. The van der Waals surface area contributed by atoms with E-state index < -0.39 is 11.7 Å². The minimum atomic E-state index is -4.39. The third-order valence-corrected chi connectivity index (χ3v) is 3.32. The molecule has 0 atom stereocenters. The van der Waals surface area contributed by atoms with Crippen molar-refractivity contribution in [1.29, 1.82) is 0 Å². The van der Waals surface area contributed by atoms with E-state index in [1.165, 1.54) is 16.9 Å². The van der Waals surface area contributed by atoms with Gasteiger partial charge in [0.2, 0.25) is 0 Å². The Hall–Kier alpha value is -2.76. The molecule has 118 valence electrons. The van der Waals surface area contributed by atoms with Crippen LogP contribution in [0.2, 0.25) is 0 Å². The predicted molar refractivity (Wildman–Crippen MR) is 79.8 cm³/mol. The Morgan fingerprint density at radius 3 is 2.57 bits per heavy atom. The molecule has 0 unspecified atom stereocenters. The van der Waals surface area contributed by atoms with Gasteiger partial charge in [-0.1, -0.05) is 24.3 Å². The van der Waals surface area contributed by atoms with Crippen molar-refractivity contribution in [2.24, 2.45) is 0 Å². The molecule has 0 aliphatic carbocycles. The summed E-state index contributed by atoms with van der Waals surface area (Å²) in [5, 5.41) is 4.06. The lowest BCUT2D eigenvalue weighted by atomic mass is 10.2. The lowest BCUT2D eigenvalue weighted by molar-refractivity contribution is -0.137. The van der Waals surface area contributed by atoms with Crippen molar-refractivity contribution in [3.05, 3.63) is 72.1 Å². The van der Waals surface area contributed by atoms with Crippen molar-refractivity contribution in [1.82, 2.24) is 9.78 Å². The number of rotatable bonds is 3. The Bertz CT molecular complexity index is 824. The first kappa shape index (κ1) is 15.1. The highest BCUT2D eigenvalue weighted by atomic mass is 19.4. The summed E-state index contributed by atoms with van der Waals surface area (Å²) in [6, 6.07) is 12.4. The van der Waals surface area contributed by atoms with Crippen LogP contribution in [-0.4, -0.2) is 9.78 Å². The molecule has 6 heteroatoms. The first-order valence-electron chi connectivity index (χ1n) is 6.89. The average Bonchev–Trinajstić information content (AvgIpc) is 2.98. The fourth-order valence-corrected chi connectivity index (χ4v) is 2.12. The normalized spacial score (nSPS) is 11.5. The van der Waals surface area contributed by atoms with E-state index in [9.17, 15) is 13.2 Å². The quantitative estimate of drug-likeness (QED) is 0.680. The second-order valence-corrected chi connectivity index (χ2v) is 5.04. The molecule has 0 radical (unpaired) electrons. The first-order valence-corrected chi connectivity index (χ1v) is 6.89. The highest BCUT2D eigenvalue weighted by molar-refractivity contribution is 5.39. The van der Waals surface area contributed by atoms with Gasteiger partial charge in [-0.3, -0.25) is 0 Å². The number of benzene rings is 2. The number of aromatic nitrogens is 2. The summed E-state index contributed by atoms with van der Waals surface area (Å²) < 4.78 is 45.4. The SMILES string of the molecule is Cc1ccccc1Oc1cnn(-c2cccc(C(F)(F)F)c2)c1. The van der Waals surface area contributed by atoms with E-state index in [4.69, 9.17) is 4.74 Å². The van der Waals surface area contributed by atoms with Crippen molar-refractivity contribution in [3.8, 4) is 17.2 Å². The van der Waals surface area contributed by atoms with Crippen molar-refractivity contribution in [3.63, 3.8) is 0 Å². The number of alkyl halides is 3. The standard InChI is InChI=1S/C17H13F3N2O/c1-12-5-2-3-8-16(12)23-15-10-21-22(11-15)14-7-4-6-13(9-14)17(18,19)20/h2-11H,1H3. The predicted octanol–water partition coefficient (Wildman–Crippen LogP) is 4.99. The van der Waals surface area contributed by atoms with Crippen LogP contribution in [0.15, 0.2) is 60.9 Å². The molecule has 0 spiro atoms. The van der Waals surface area contributed by atoms with E-state index in [1.54, 1.807) is 12.3 Å². The van der Waals surface area contributed by atoms with Gasteiger partial charge in [0.05, 0.1) is 23.6 Å². The zero-order chi connectivity index (χ0) is 16.4. The molecule has 1 heterocycles. The van der Waals surface area contributed by atoms with Gasteiger partial charge in [-0.05, 0) is 36.8 Å². The van der Waals surface area contributed by atoms with Gasteiger partial charge in [-0.15, -0.1) is 0 Å². The molecule has 0 bridgehead atoms. The molecule has 3 nitrogen and oxygen atoms in total. The van der Waals surface area contributed by atoms with Crippen molar-refractivity contribution in [2.45, 2.75) is 13.1 Å². The van der Waals surface area contributed by atoms with E-state index in [0.29, 0.717) is 17.2 Å². The van der Waals surface area contributed by atoms with Gasteiger partial charge >= 0.3 is 6.18 Å². The molecule has 0 aliphatic heterocycles. The lowest BCUT2D eigenvalue weighted by Crippen LogP contribution is -2.06. The third-order valence-electron chi connectivity index (χ3n) is 3.32.